The minimum absolute atomic E-state index is 0.0796. The summed E-state index contributed by atoms with van der Waals surface area (Å²) in [6, 6.07) is 13.1. The highest BCUT2D eigenvalue weighted by Gasteiger charge is 2.20. The van der Waals surface area contributed by atoms with Crippen LogP contribution in [0.5, 0.6) is 17.2 Å². The molecule has 2 rings (SSSR count). The first-order valence-electron chi connectivity index (χ1n) is 6.72. The Morgan fingerprint density at radius 3 is 2.32 bits per heavy atom. The average Bonchev–Trinajstić information content (AvgIpc) is 2.59. The third-order valence-corrected chi connectivity index (χ3v) is 3.66. The van der Waals surface area contributed by atoms with E-state index in [9.17, 15) is 4.79 Å². The zero-order chi connectivity index (χ0) is 15.9. The zero-order valence-electron chi connectivity index (χ0n) is 12.5. The molecule has 0 atom stereocenters. The molecule has 0 fully saturated rings. The number of benzene rings is 2. The molecule has 0 aliphatic heterocycles. The molecule has 0 N–H and O–H groups in total. The van der Waals surface area contributed by atoms with E-state index in [1.807, 2.05) is 30.3 Å². The fourth-order valence-corrected chi connectivity index (χ4v) is 2.37. The molecule has 0 aliphatic carbocycles. The summed E-state index contributed by atoms with van der Waals surface area (Å²) in [6.45, 7) is 0.340. The summed E-state index contributed by atoms with van der Waals surface area (Å²) in [5.41, 5.74) is 1.47. The maximum atomic E-state index is 12.1. The van der Waals surface area contributed by atoms with Crippen molar-refractivity contribution in [3.63, 3.8) is 0 Å². The van der Waals surface area contributed by atoms with E-state index < -0.39 is 0 Å². The monoisotopic (exact) mass is 364 g/mol. The van der Waals surface area contributed by atoms with E-state index in [-0.39, 0.29) is 11.1 Å². The minimum Gasteiger partial charge on any atom is -0.493 e. The summed E-state index contributed by atoms with van der Waals surface area (Å²) >= 11 is 3.19. The van der Waals surface area contributed by atoms with Crippen LogP contribution in [-0.2, 0) is 6.61 Å². The molecular weight excluding hydrogens is 348 g/mol. The van der Waals surface area contributed by atoms with Gasteiger partial charge in [0.15, 0.2) is 17.3 Å². The molecule has 0 saturated heterocycles. The van der Waals surface area contributed by atoms with Gasteiger partial charge in [-0.2, -0.15) is 0 Å². The fourth-order valence-electron chi connectivity index (χ4n) is 2.06. The van der Waals surface area contributed by atoms with E-state index in [0.29, 0.717) is 29.4 Å². The predicted molar refractivity (Wildman–Crippen MR) is 88.4 cm³/mol. The topological polar surface area (TPSA) is 44.8 Å². The van der Waals surface area contributed by atoms with Crippen LogP contribution in [0, 0.1) is 0 Å². The molecule has 0 unspecified atom stereocenters. The van der Waals surface area contributed by atoms with Gasteiger partial charge in [-0.05, 0) is 17.7 Å². The third-order valence-electron chi connectivity index (χ3n) is 3.15. The predicted octanol–water partition coefficient (Wildman–Crippen LogP) is 3.86. The Bertz CT molecular complexity index is 641. The summed E-state index contributed by atoms with van der Waals surface area (Å²) in [4.78, 5) is 12.1. The Morgan fingerprint density at radius 1 is 1.00 bits per heavy atom. The van der Waals surface area contributed by atoms with Crippen molar-refractivity contribution in [2.75, 3.05) is 19.5 Å². The van der Waals surface area contributed by atoms with Gasteiger partial charge in [-0.3, -0.25) is 4.79 Å². The molecule has 116 valence electrons. The SMILES string of the molecule is COc1ccc(C(=O)CBr)c(OCc2ccccc2)c1OC. The second-order valence-corrected chi connectivity index (χ2v) is 5.07. The van der Waals surface area contributed by atoms with Crippen molar-refractivity contribution in [3.05, 3.63) is 53.6 Å². The van der Waals surface area contributed by atoms with Crippen LogP contribution in [0.1, 0.15) is 15.9 Å². The maximum absolute atomic E-state index is 12.1. The number of ketones is 1. The van der Waals surface area contributed by atoms with E-state index in [0.717, 1.165) is 5.56 Å². The largest absolute Gasteiger partial charge is 0.493 e. The lowest BCUT2D eigenvalue weighted by Gasteiger charge is -2.16. The van der Waals surface area contributed by atoms with Crippen LogP contribution in [-0.4, -0.2) is 25.3 Å². The van der Waals surface area contributed by atoms with E-state index in [1.165, 1.54) is 7.11 Å². The van der Waals surface area contributed by atoms with Gasteiger partial charge in [-0.1, -0.05) is 46.3 Å². The Hall–Kier alpha value is -2.01. The van der Waals surface area contributed by atoms with Gasteiger partial charge in [-0.15, -0.1) is 0 Å². The molecule has 0 radical (unpaired) electrons. The van der Waals surface area contributed by atoms with Crippen LogP contribution in [0.25, 0.3) is 0 Å². The van der Waals surface area contributed by atoms with E-state index in [1.54, 1.807) is 19.2 Å². The molecule has 5 heteroatoms. The number of methoxy groups -OCH3 is 2. The molecule has 0 amide bonds. The van der Waals surface area contributed by atoms with Gasteiger partial charge in [0.25, 0.3) is 0 Å². The molecule has 0 spiro atoms. The second kappa shape index (κ2) is 7.84. The van der Waals surface area contributed by atoms with Crippen molar-refractivity contribution in [1.82, 2.24) is 0 Å². The first-order chi connectivity index (χ1) is 10.7. The summed E-state index contributed by atoms with van der Waals surface area (Å²) < 4.78 is 16.5. The van der Waals surface area contributed by atoms with Crippen LogP contribution in [0.3, 0.4) is 0 Å². The van der Waals surface area contributed by atoms with Crippen molar-refractivity contribution in [2.45, 2.75) is 6.61 Å². The van der Waals surface area contributed by atoms with E-state index in [4.69, 9.17) is 14.2 Å². The van der Waals surface area contributed by atoms with E-state index >= 15 is 0 Å². The molecule has 2 aromatic rings. The van der Waals surface area contributed by atoms with Crippen molar-refractivity contribution in [3.8, 4) is 17.2 Å². The minimum atomic E-state index is -0.0796. The number of halogens is 1. The third kappa shape index (κ3) is 3.60. The lowest BCUT2D eigenvalue weighted by molar-refractivity contribution is 0.101. The average molecular weight is 365 g/mol. The van der Waals surface area contributed by atoms with Gasteiger partial charge in [0.05, 0.1) is 25.1 Å². The molecule has 4 nitrogen and oxygen atoms in total. The van der Waals surface area contributed by atoms with Crippen molar-refractivity contribution in [2.24, 2.45) is 0 Å². The first-order valence-corrected chi connectivity index (χ1v) is 7.84. The van der Waals surface area contributed by atoms with Crippen molar-refractivity contribution >= 4 is 21.7 Å². The van der Waals surface area contributed by atoms with Crippen LogP contribution < -0.4 is 14.2 Å². The number of hydrogen-bond acceptors (Lipinski definition) is 4. The van der Waals surface area contributed by atoms with Crippen LogP contribution >= 0.6 is 15.9 Å². The molecule has 2 aromatic carbocycles. The molecule has 0 aromatic heterocycles. The number of alkyl halides is 1. The lowest BCUT2D eigenvalue weighted by atomic mass is 10.1. The van der Waals surface area contributed by atoms with Gasteiger partial charge >= 0.3 is 0 Å². The Balaban J connectivity index is 2.38. The Morgan fingerprint density at radius 2 is 1.73 bits per heavy atom. The smallest absolute Gasteiger partial charge is 0.204 e. The number of Topliss-reactive ketones (excluding diaryl/α,β-unsaturated/α-hetero) is 1. The molecule has 0 bridgehead atoms. The number of rotatable bonds is 7. The van der Waals surface area contributed by atoms with Gasteiger partial charge in [0.1, 0.15) is 6.61 Å². The number of hydrogen-bond donors (Lipinski definition) is 0. The molecular formula is C17H17BrO4. The normalized spacial score (nSPS) is 10.1. The fraction of sp³-hybridized carbons (Fsp3) is 0.235. The molecule has 22 heavy (non-hydrogen) atoms. The highest BCUT2D eigenvalue weighted by atomic mass is 79.9. The summed E-state index contributed by atoms with van der Waals surface area (Å²) in [5.74, 6) is 1.26. The molecule has 0 heterocycles. The standard InChI is InChI=1S/C17H17BrO4/c1-20-15-9-8-13(14(19)10-18)16(17(15)21-2)22-11-12-6-4-3-5-7-12/h3-9H,10-11H2,1-2H3. The number of carbonyl (C=O) groups is 1. The number of ether oxygens (including phenoxy) is 3. The van der Waals surface area contributed by atoms with Crippen LogP contribution in [0.4, 0.5) is 0 Å². The molecule has 0 aliphatic rings. The maximum Gasteiger partial charge on any atom is 0.204 e. The second-order valence-electron chi connectivity index (χ2n) is 4.51. The summed E-state index contributed by atoms with van der Waals surface area (Å²) in [5, 5.41) is 0.212. The van der Waals surface area contributed by atoms with Crippen molar-refractivity contribution in [1.29, 1.82) is 0 Å². The highest BCUT2D eigenvalue weighted by molar-refractivity contribution is 9.09. The van der Waals surface area contributed by atoms with Crippen molar-refractivity contribution < 1.29 is 19.0 Å². The first kappa shape index (κ1) is 16.4. The van der Waals surface area contributed by atoms with Crippen LogP contribution in [0.15, 0.2) is 42.5 Å². The summed E-state index contributed by atoms with van der Waals surface area (Å²) in [7, 11) is 3.07. The van der Waals surface area contributed by atoms with Gasteiger partial charge in [0, 0.05) is 0 Å². The van der Waals surface area contributed by atoms with Gasteiger partial charge in [0.2, 0.25) is 5.75 Å². The van der Waals surface area contributed by atoms with E-state index in [2.05, 4.69) is 15.9 Å². The zero-order valence-corrected chi connectivity index (χ0v) is 14.1. The number of carbonyl (C=O) groups excluding carboxylic acids is 1. The van der Waals surface area contributed by atoms with Gasteiger partial charge < -0.3 is 14.2 Å². The molecule has 0 saturated carbocycles. The lowest BCUT2D eigenvalue weighted by Crippen LogP contribution is -2.07. The van der Waals surface area contributed by atoms with Gasteiger partial charge in [-0.25, -0.2) is 0 Å². The summed E-state index contributed by atoms with van der Waals surface area (Å²) in [6.07, 6.45) is 0. The quantitative estimate of drug-likeness (QED) is 0.552. The Labute approximate surface area is 138 Å². The Kier molecular flexibility index (Phi) is 5.83. The van der Waals surface area contributed by atoms with Crippen LogP contribution in [0.2, 0.25) is 0 Å². The highest BCUT2D eigenvalue weighted by Crippen LogP contribution is 2.40.